The molecule has 6 heteroatoms. The van der Waals surface area contributed by atoms with Gasteiger partial charge in [0.25, 0.3) is 5.91 Å². The van der Waals surface area contributed by atoms with Gasteiger partial charge >= 0.3 is 0 Å². The van der Waals surface area contributed by atoms with Crippen LogP contribution in [-0.4, -0.2) is 25.1 Å². The lowest BCUT2D eigenvalue weighted by Crippen LogP contribution is -2.15. The minimum absolute atomic E-state index is 0.114. The third-order valence-corrected chi connectivity index (χ3v) is 2.61. The van der Waals surface area contributed by atoms with Crippen molar-refractivity contribution < 1.29 is 18.7 Å². The van der Waals surface area contributed by atoms with E-state index in [0.29, 0.717) is 11.5 Å². The predicted octanol–water partition coefficient (Wildman–Crippen LogP) is 2.49. The summed E-state index contributed by atoms with van der Waals surface area (Å²) in [5, 5.41) is 2.50. The van der Waals surface area contributed by atoms with Crippen LogP contribution in [0, 0.1) is 5.95 Å². The maximum atomic E-state index is 13.0. The molecule has 0 saturated heterocycles. The van der Waals surface area contributed by atoms with Crippen LogP contribution < -0.4 is 14.8 Å². The van der Waals surface area contributed by atoms with E-state index in [1.165, 1.54) is 32.4 Å². The Labute approximate surface area is 115 Å². The molecule has 5 nitrogen and oxygen atoms in total. The Morgan fingerprint density at radius 1 is 1.10 bits per heavy atom. The van der Waals surface area contributed by atoms with Gasteiger partial charge in [-0.2, -0.15) is 4.39 Å². The zero-order chi connectivity index (χ0) is 14.5. The van der Waals surface area contributed by atoms with Gasteiger partial charge in [0.2, 0.25) is 5.95 Å². The summed E-state index contributed by atoms with van der Waals surface area (Å²) in [6, 6.07) is 9.11. The molecule has 2 rings (SSSR count). The second-order valence-corrected chi connectivity index (χ2v) is 3.84. The third-order valence-electron chi connectivity index (χ3n) is 2.61. The van der Waals surface area contributed by atoms with Crippen LogP contribution in [-0.2, 0) is 0 Å². The lowest BCUT2D eigenvalue weighted by Gasteiger charge is -2.12. The van der Waals surface area contributed by atoms with Crippen molar-refractivity contribution >= 4 is 11.7 Å². The van der Waals surface area contributed by atoms with Crippen molar-refractivity contribution in [1.82, 2.24) is 4.98 Å². The zero-order valence-corrected chi connectivity index (χ0v) is 11.0. The van der Waals surface area contributed by atoms with Crippen molar-refractivity contribution in [2.45, 2.75) is 0 Å². The number of pyridine rings is 1. The van der Waals surface area contributed by atoms with Gasteiger partial charge in [-0.05, 0) is 24.3 Å². The van der Waals surface area contributed by atoms with E-state index in [-0.39, 0.29) is 11.4 Å². The molecule has 0 bridgehead atoms. The minimum Gasteiger partial charge on any atom is -0.496 e. The first-order valence-electron chi connectivity index (χ1n) is 5.80. The molecule has 0 radical (unpaired) electrons. The van der Waals surface area contributed by atoms with Crippen molar-refractivity contribution in [3.63, 3.8) is 0 Å². The number of hydrogen-bond acceptors (Lipinski definition) is 4. The Kier molecular flexibility index (Phi) is 4.14. The van der Waals surface area contributed by atoms with Crippen LogP contribution in [0.2, 0.25) is 0 Å². The van der Waals surface area contributed by atoms with E-state index in [4.69, 9.17) is 9.47 Å². The first-order chi connectivity index (χ1) is 9.65. The molecule has 0 spiro atoms. The summed E-state index contributed by atoms with van der Waals surface area (Å²) in [5.41, 5.74) is 0.226. The summed E-state index contributed by atoms with van der Waals surface area (Å²) in [4.78, 5) is 15.8. The van der Waals surface area contributed by atoms with Crippen LogP contribution >= 0.6 is 0 Å². The summed E-state index contributed by atoms with van der Waals surface area (Å²) in [5.74, 6) is -0.327. The van der Waals surface area contributed by atoms with Gasteiger partial charge in [-0.25, -0.2) is 4.98 Å². The summed E-state index contributed by atoms with van der Waals surface area (Å²) < 4.78 is 23.3. The zero-order valence-electron chi connectivity index (χ0n) is 11.0. The fourth-order valence-electron chi connectivity index (χ4n) is 1.73. The lowest BCUT2D eigenvalue weighted by atomic mass is 10.1. The second-order valence-electron chi connectivity index (χ2n) is 3.84. The summed E-state index contributed by atoms with van der Waals surface area (Å²) in [6.45, 7) is 0. The predicted molar refractivity (Wildman–Crippen MR) is 71.7 cm³/mol. The molecule has 1 aromatic carbocycles. The third kappa shape index (κ3) is 2.85. The standard InChI is InChI=1S/C14H13FN2O3/c1-19-9-5-3-6-10(20-2)13(9)14(18)17-12-8-4-7-11(15)16-12/h3-8H,1-2H3,(H,16,17,18). The highest BCUT2D eigenvalue weighted by molar-refractivity contribution is 6.07. The molecule has 104 valence electrons. The lowest BCUT2D eigenvalue weighted by molar-refractivity contribution is 0.102. The van der Waals surface area contributed by atoms with Gasteiger partial charge in [0, 0.05) is 0 Å². The normalized spacial score (nSPS) is 9.95. The maximum Gasteiger partial charge on any atom is 0.264 e. The fourth-order valence-corrected chi connectivity index (χ4v) is 1.73. The molecule has 0 atom stereocenters. The molecule has 0 saturated carbocycles. The van der Waals surface area contributed by atoms with E-state index >= 15 is 0 Å². The SMILES string of the molecule is COc1cccc(OC)c1C(=O)Nc1cccc(F)n1. The molecule has 2 aromatic rings. The van der Waals surface area contributed by atoms with Gasteiger partial charge in [0.1, 0.15) is 22.9 Å². The van der Waals surface area contributed by atoms with Crippen molar-refractivity contribution in [1.29, 1.82) is 0 Å². The Morgan fingerprint density at radius 2 is 1.70 bits per heavy atom. The largest absolute Gasteiger partial charge is 0.496 e. The van der Waals surface area contributed by atoms with E-state index in [1.807, 2.05) is 0 Å². The monoisotopic (exact) mass is 276 g/mol. The smallest absolute Gasteiger partial charge is 0.264 e. The van der Waals surface area contributed by atoms with Gasteiger partial charge in [0.05, 0.1) is 14.2 Å². The van der Waals surface area contributed by atoms with Crippen molar-refractivity contribution in [2.75, 3.05) is 19.5 Å². The average molecular weight is 276 g/mol. The maximum absolute atomic E-state index is 13.0. The molecule has 0 aliphatic rings. The van der Waals surface area contributed by atoms with E-state index < -0.39 is 11.9 Å². The van der Waals surface area contributed by atoms with Crippen molar-refractivity contribution in [3.05, 3.63) is 47.9 Å². The number of aromatic nitrogens is 1. The van der Waals surface area contributed by atoms with E-state index in [2.05, 4.69) is 10.3 Å². The molecule has 20 heavy (non-hydrogen) atoms. The van der Waals surface area contributed by atoms with Crippen molar-refractivity contribution in [2.24, 2.45) is 0 Å². The van der Waals surface area contributed by atoms with Crippen LogP contribution in [0.4, 0.5) is 10.2 Å². The number of anilines is 1. The molecule has 0 aliphatic heterocycles. The number of carbonyl (C=O) groups excluding carboxylic acids is 1. The number of rotatable bonds is 4. The quantitative estimate of drug-likeness (QED) is 0.871. The highest BCUT2D eigenvalue weighted by atomic mass is 19.1. The number of ether oxygens (including phenoxy) is 2. The molecule has 1 heterocycles. The van der Waals surface area contributed by atoms with Crippen LogP contribution in [0.1, 0.15) is 10.4 Å². The van der Waals surface area contributed by atoms with Crippen LogP contribution in [0.25, 0.3) is 0 Å². The van der Waals surface area contributed by atoms with Crippen LogP contribution in [0.15, 0.2) is 36.4 Å². The number of hydrogen-bond donors (Lipinski definition) is 1. The Hall–Kier alpha value is -2.63. The van der Waals surface area contributed by atoms with E-state index in [9.17, 15) is 9.18 Å². The fraction of sp³-hybridized carbons (Fsp3) is 0.143. The van der Waals surface area contributed by atoms with E-state index in [1.54, 1.807) is 18.2 Å². The highest BCUT2D eigenvalue weighted by Gasteiger charge is 2.18. The molecule has 1 N–H and O–H groups in total. The minimum atomic E-state index is -0.671. The van der Waals surface area contributed by atoms with Gasteiger partial charge < -0.3 is 14.8 Å². The number of benzene rings is 1. The second kappa shape index (κ2) is 6.01. The number of halogens is 1. The first-order valence-corrected chi connectivity index (χ1v) is 5.80. The van der Waals surface area contributed by atoms with Crippen LogP contribution in [0.3, 0.4) is 0 Å². The summed E-state index contributed by atoms with van der Waals surface area (Å²) in [7, 11) is 2.90. The first kappa shape index (κ1) is 13.8. The Morgan fingerprint density at radius 3 is 2.25 bits per heavy atom. The number of nitrogens with one attached hydrogen (secondary N) is 1. The highest BCUT2D eigenvalue weighted by Crippen LogP contribution is 2.28. The van der Waals surface area contributed by atoms with Gasteiger partial charge in [-0.3, -0.25) is 4.79 Å². The Bertz CT molecular complexity index is 609. The number of amides is 1. The topological polar surface area (TPSA) is 60.5 Å². The number of carbonyl (C=O) groups is 1. The van der Waals surface area contributed by atoms with Gasteiger partial charge in [-0.15, -0.1) is 0 Å². The van der Waals surface area contributed by atoms with Gasteiger partial charge in [-0.1, -0.05) is 12.1 Å². The molecule has 0 unspecified atom stereocenters. The Balaban J connectivity index is 2.33. The van der Waals surface area contributed by atoms with Gasteiger partial charge in [0.15, 0.2) is 0 Å². The molecule has 1 amide bonds. The molecular weight excluding hydrogens is 263 g/mol. The number of methoxy groups -OCH3 is 2. The molecule has 0 fully saturated rings. The number of nitrogens with zero attached hydrogens (tertiary/aromatic N) is 1. The van der Waals surface area contributed by atoms with Crippen LogP contribution in [0.5, 0.6) is 11.5 Å². The van der Waals surface area contributed by atoms with Crippen molar-refractivity contribution in [3.8, 4) is 11.5 Å². The van der Waals surface area contributed by atoms with E-state index in [0.717, 1.165) is 0 Å². The molecule has 1 aromatic heterocycles. The summed E-state index contributed by atoms with van der Waals surface area (Å²) >= 11 is 0. The molecule has 0 aliphatic carbocycles. The average Bonchev–Trinajstić information content (AvgIpc) is 2.46. The summed E-state index contributed by atoms with van der Waals surface area (Å²) in [6.07, 6.45) is 0. The molecular formula is C14H13FN2O3.